The smallest absolute Gasteiger partial charge is 0.305 e. The van der Waals surface area contributed by atoms with Crippen LogP contribution in [-0.2, 0) is 14.3 Å². The van der Waals surface area contributed by atoms with Gasteiger partial charge in [-0.15, -0.1) is 0 Å². The Balaban J connectivity index is 3.36. The summed E-state index contributed by atoms with van der Waals surface area (Å²) in [6.45, 7) is 5.01. The lowest BCUT2D eigenvalue weighted by atomic mass is 10.0. The predicted molar refractivity (Wildman–Crippen MR) is 361 cm³/mol. The van der Waals surface area contributed by atoms with Crippen LogP contribution in [0, 0.1) is 0 Å². The third-order valence-corrected chi connectivity index (χ3v) is 18.1. The van der Waals surface area contributed by atoms with E-state index in [9.17, 15) is 19.8 Å². The number of esters is 1. The highest BCUT2D eigenvalue weighted by atomic mass is 16.5. The number of ether oxygens (including phenoxy) is 1. The van der Waals surface area contributed by atoms with Gasteiger partial charge in [0.15, 0.2) is 0 Å². The second-order valence-corrected chi connectivity index (χ2v) is 26.3. The molecule has 488 valence electrons. The third kappa shape index (κ3) is 67.7. The van der Waals surface area contributed by atoms with Crippen LogP contribution in [0.1, 0.15) is 438 Å². The lowest BCUT2D eigenvalue weighted by molar-refractivity contribution is -0.143. The Labute approximate surface area is 514 Å². The number of rotatable bonds is 72. The molecular formula is C76H149NO5. The summed E-state index contributed by atoms with van der Waals surface area (Å²) < 4.78 is 5.52. The number of hydrogen-bond acceptors (Lipinski definition) is 5. The van der Waals surface area contributed by atoms with Crippen molar-refractivity contribution >= 4 is 11.9 Å². The Morgan fingerprint density at radius 3 is 0.866 bits per heavy atom. The minimum atomic E-state index is -0.665. The Hall–Kier alpha value is -1.40. The van der Waals surface area contributed by atoms with Crippen molar-refractivity contribution in [2.45, 2.75) is 450 Å². The molecule has 0 aromatic heterocycles. The zero-order valence-corrected chi connectivity index (χ0v) is 56.0. The average molecular weight is 1160 g/mol. The highest BCUT2D eigenvalue weighted by Gasteiger charge is 2.20. The fourth-order valence-corrected chi connectivity index (χ4v) is 12.3. The van der Waals surface area contributed by atoms with Crippen molar-refractivity contribution in [3.8, 4) is 0 Å². The van der Waals surface area contributed by atoms with Gasteiger partial charge in [0.25, 0.3) is 0 Å². The van der Waals surface area contributed by atoms with E-state index >= 15 is 0 Å². The number of hydrogen-bond donors (Lipinski definition) is 3. The van der Waals surface area contributed by atoms with Gasteiger partial charge in [-0.2, -0.15) is 0 Å². The lowest BCUT2D eigenvalue weighted by Crippen LogP contribution is -2.45. The standard InChI is InChI=1S/C76H149NO5/c1-3-5-7-9-11-13-15-17-19-21-32-36-40-44-48-52-56-60-64-68-74(79)73(72-78)77-75(80)69-65-61-57-53-49-45-41-37-34-30-28-26-24-23-25-27-29-31-35-39-43-47-51-55-59-63-67-71-82-76(81)70-66-62-58-54-50-46-42-38-33-22-20-18-16-14-12-10-8-6-4-2/h23-24,73-74,78-79H,3-22,25-72H2,1-2H3,(H,77,80)/b24-23-. The van der Waals surface area contributed by atoms with Crippen molar-refractivity contribution in [1.29, 1.82) is 0 Å². The van der Waals surface area contributed by atoms with E-state index in [1.54, 1.807) is 0 Å². The normalized spacial score (nSPS) is 12.5. The molecule has 0 spiro atoms. The van der Waals surface area contributed by atoms with Crippen molar-refractivity contribution in [3.63, 3.8) is 0 Å². The van der Waals surface area contributed by atoms with Crippen molar-refractivity contribution in [2.24, 2.45) is 0 Å². The van der Waals surface area contributed by atoms with Crippen LogP contribution in [0.2, 0.25) is 0 Å². The van der Waals surface area contributed by atoms with Crippen LogP contribution in [0.3, 0.4) is 0 Å². The van der Waals surface area contributed by atoms with E-state index in [4.69, 9.17) is 4.74 Å². The number of allylic oxidation sites excluding steroid dienone is 2. The number of aliphatic hydroxyl groups excluding tert-OH is 2. The number of aliphatic hydroxyl groups is 2. The van der Waals surface area contributed by atoms with Gasteiger partial charge in [-0.05, 0) is 51.4 Å². The molecule has 1 amide bonds. The van der Waals surface area contributed by atoms with E-state index in [2.05, 4.69) is 31.3 Å². The molecule has 0 saturated carbocycles. The number of carbonyl (C=O) groups excluding carboxylic acids is 2. The Kier molecular flexibility index (Phi) is 70.8. The van der Waals surface area contributed by atoms with Gasteiger partial charge >= 0.3 is 5.97 Å². The van der Waals surface area contributed by atoms with E-state index in [0.717, 1.165) is 38.5 Å². The molecule has 2 atom stereocenters. The highest BCUT2D eigenvalue weighted by molar-refractivity contribution is 5.76. The number of amides is 1. The van der Waals surface area contributed by atoms with E-state index < -0.39 is 12.1 Å². The van der Waals surface area contributed by atoms with Crippen molar-refractivity contribution < 1.29 is 24.5 Å². The van der Waals surface area contributed by atoms with E-state index in [-0.39, 0.29) is 18.5 Å². The zero-order chi connectivity index (χ0) is 59.2. The molecule has 2 unspecified atom stereocenters. The Bertz CT molecular complexity index is 1240. The fourth-order valence-electron chi connectivity index (χ4n) is 12.3. The summed E-state index contributed by atoms with van der Waals surface area (Å²) >= 11 is 0. The summed E-state index contributed by atoms with van der Waals surface area (Å²) in [7, 11) is 0. The van der Waals surface area contributed by atoms with Gasteiger partial charge < -0.3 is 20.3 Å². The first-order valence-electron chi connectivity index (χ1n) is 37.9. The summed E-state index contributed by atoms with van der Waals surface area (Å²) in [6, 6.07) is -0.542. The molecule has 0 radical (unpaired) electrons. The summed E-state index contributed by atoms with van der Waals surface area (Å²) in [5.41, 5.74) is 0. The molecule has 0 aromatic rings. The molecule has 82 heavy (non-hydrogen) atoms. The summed E-state index contributed by atoms with van der Waals surface area (Å²) in [5.74, 6) is -0.00971. The number of unbranched alkanes of at least 4 members (excludes halogenated alkanes) is 59. The molecule has 0 bridgehead atoms. The summed E-state index contributed by atoms with van der Waals surface area (Å²) in [6.07, 6.45) is 89.9. The molecule has 6 heteroatoms. The van der Waals surface area contributed by atoms with Crippen molar-refractivity contribution in [1.82, 2.24) is 5.32 Å². The molecule has 0 aliphatic heterocycles. The van der Waals surface area contributed by atoms with Gasteiger partial charge in [0.1, 0.15) is 0 Å². The first kappa shape index (κ1) is 80.6. The second-order valence-electron chi connectivity index (χ2n) is 26.3. The largest absolute Gasteiger partial charge is 0.466 e. The molecule has 3 N–H and O–H groups in total. The molecule has 0 aliphatic rings. The van der Waals surface area contributed by atoms with Crippen molar-refractivity contribution in [2.75, 3.05) is 13.2 Å². The van der Waals surface area contributed by atoms with Crippen molar-refractivity contribution in [3.05, 3.63) is 12.2 Å². The highest BCUT2D eigenvalue weighted by Crippen LogP contribution is 2.20. The number of carbonyl (C=O) groups is 2. The first-order chi connectivity index (χ1) is 40.5. The Morgan fingerprint density at radius 2 is 0.573 bits per heavy atom. The van der Waals surface area contributed by atoms with Gasteiger partial charge in [-0.3, -0.25) is 9.59 Å². The topological polar surface area (TPSA) is 95.9 Å². The summed E-state index contributed by atoms with van der Waals surface area (Å²) in [5, 5.41) is 23.4. The van der Waals surface area contributed by atoms with Crippen LogP contribution >= 0.6 is 0 Å². The van der Waals surface area contributed by atoms with Crippen LogP contribution in [0.25, 0.3) is 0 Å². The second kappa shape index (κ2) is 72.1. The van der Waals surface area contributed by atoms with Gasteiger partial charge in [0.05, 0.1) is 25.4 Å². The summed E-state index contributed by atoms with van der Waals surface area (Å²) in [4.78, 5) is 24.7. The van der Waals surface area contributed by atoms with Gasteiger partial charge in [0.2, 0.25) is 5.91 Å². The molecule has 0 aromatic carbocycles. The average Bonchev–Trinajstić information content (AvgIpc) is 3.48. The fraction of sp³-hybridized carbons (Fsp3) is 0.947. The van der Waals surface area contributed by atoms with E-state index in [0.29, 0.717) is 25.9 Å². The molecule has 0 aliphatic carbocycles. The molecule has 0 fully saturated rings. The monoisotopic (exact) mass is 1160 g/mol. The van der Waals surface area contributed by atoms with E-state index in [1.807, 2.05) is 0 Å². The molecular weight excluding hydrogens is 1010 g/mol. The Morgan fingerprint density at radius 1 is 0.329 bits per heavy atom. The van der Waals surface area contributed by atoms with Crippen LogP contribution in [0.4, 0.5) is 0 Å². The predicted octanol–water partition coefficient (Wildman–Crippen LogP) is 24.7. The molecule has 0 saturated heterocycles. The molecule has 0 heterocycles. The molecule has 0 rings (SSSR count). The maximum Gasteiger partial charge on any atom is 0.305 e. The first-order valence-corrected chi connectivity index (χ1v) is 37.9. The van der Waals surface area contributed by atoms with Gasteiger partial charge in [-0.1, -0.05) is 386 Å². The van der Waals surface area contributed by atoms with Crippen LogP contribution in [0.5, 0.6) is 0 Å². The SMILES string of the molecule is CCCCCCCCCCCCCCCCCCCCCC(=O)OCCCCCCCCCCCCCC/C=C\CCCCCCCCCCCCCC(=O)NC(CO)C(O)CCCCCCCCCCCCCCCCCCCCC. The quantitative estimate of drug-likeness (QED) is 0.0320. The minimum Gasteiger partial charge on any atom is -0.466 e. The van der Waals surface area contributed by atoms with Crippen LogP contribution < -0.4 is 5.32 Å². The third-order valence-electron chi connectivity index (χ3n) is 18.1. The number of nitrogens with one attached hydrogen (secondary N) is 1. The van der Waals surface area contributed by atoms with E-state index in [1.165, 1.54) is 366 Å². The lowest BCUT2D eigenvalue weighted by Gasteiger charge is -2.22. The minimum absolute atomic E-state index is 0.0212. The molecule has 6 nitrogen and oxygen atoms in total. The van der Waals surface area contributed by atoms with Gasteiger partial charge in [0, 0.05) is 12.8 Å². The van der Waals surface area contributed by atoms with Crippen LogP contribution in [-0.4, -0.2) is 47.4 Å². The zero-order valence-electron chi connectivity index (χ0n) is 56.0. The maximum absolute atomic E-state index is 12.5. The van der Waals surface area contributed by atoms with Gasteiger partial charge in [-0.25, -0.2) is 0 Å². The van der Waals surface area contributed by atoms with Crippen LogP contribution in [0.15, 0.2) is 12.2 Å². The maximum atomic E-state index is 12.5.